The van der Waals surface area contributed by atoms with Gasteiger partial charge < -0.3 is 4.42 Å². The fourth-order valence-electron chi connectivity index (χ4n) is 7.85. The van der Waals surface area contributed by atoms with Gasteiger partial charge in [0.1, 0.15) is 17.0 Å². The van der Waals surface area contributed by atoms with E-state index in [9.17, 15) is 0 Å². The molecule has 11 rings (SSSR count). The molecule has 7 aromatic carbocycles. The molecule has 4 aromatic heterocycles. The SMILES string of the molecule is c1ccc(-c2ccc(-c3cc(-c4cccc5c4sc4ccccc45)nc(-n4c5ccccc5c5c6oc7ccccc7c6ccc54)c3)cc2)cc1. The molecular weight excluding hydrogens is 641 g/mol. The molecule has 0 aliphatic heterocycles. The first-order valence-corrected chi connectivity index (χ1v) is 18.0. The second-order valence-corrected chi connectivity index (χ2v) is 14.2. The van der Waals surface area contributed by atoms with Gasteiger partial charge in [-0.2, -0.15) is 0 Å². The van der Waals surface area contributed by atoms with Crippen LogP contribution in [0.1, 0.15) is 0 Å². The van der Waals surface area contributed by atoms with Crippen LogP contribution in [0.15, 0.2) is 174 Å². The van der Waals surface area contributed by atoms with Crippen molar-refractivity contribution in [1.82, 2.24) is 9.55 Å². The summed E-state index contributed by atoms with van der Waals surface area (Å²) in [6.07, 6.45) is 0. The summed E-state index contributed by atoms with van der Waals surface area (Å²) in [6, 6.07) is 60.6. The predicted octanol–water partition coefficient (Wildman–Crippen LogP) is 13.4. The van der Waals surface area contributed by atoms with Crippen molar-refractivity contribution in [2.75, 3.05) is 0 Å². The molecule has 0 unspecified atom stereocenters. The van der Waals surface area contributed by atoms with Gasteiger partial charge in [-0.1, -0.05) is 127 Å². The van der Waals surface area contributed by atoms with Gasteiger partial charge in [0, 0.05) is 41.9 Å². The van der Waals surface area contributed by atoms with Crippen LogP contribution >= 0.6 is 11.3 Å². The lowest BCUT2D eigenvalue weighted by atomic mass is 9.99. The van der Waals surface area contributed by atoms with Gasteiger partial charge >= 0.3 is 0 Å². The highest BCUT2D eigenvalue weighted by Crippen LogP contribution is 2.43. The van der Waals surface area contributed by atoms with Gasteiger partial charge in [0.05, 0.1) is 22.1 Å². The second kappa shape index (κ2) is 11.0. The van der Waals surface area contributed by atoms with E-state index in [0.717, 1.165) is 71.9 Å². The van der Waals surface area contributed by atoms with Crippen LogP contribution in [0.4, 0.5) is 0 Å². The highest BCUT2D eigenvalue weighted by Gasteiger charge is 2.21. The first kappa shape index (κ1) is 28.4. The van der Waals surface area contributed by atoms with Crippen molar-refractivity contribution in [1.29, 1.82) is 0 Å². The number of hydrogen-bond donors (Lipinski definition) is 0. The number of benzene rings is 7. The molecule has 0 N–H and O–H groups in total. The van der Waals surface area contributed by atoms with Crippen LogP contribution in [-0.4, -0.2) is 9.55 Å². The number of rotatable bonds is 4. The van der Waals surface area contributed by atoms with Crippen molar-refractivity contribution >= 4 is 75.3 Å². The van der Waals surface area contributed by atoms with Crippen LogP contribution in [0, 0.1) is 0 Å². The van der Waals surface area contributed by atoms with E-state index in [-0.39, 0.29) is 0 Å². The second-order valence-electron chi connectivity index (χ2n) is 13.1. The molecule has 4 heteroatoms. The zero-order valence-corrected chi connectivity index (χ0v) is 28.2. The summed E-state index contributed by atoms with van der Waals surface area (Å²) in [6.45, 7) is 0. The molecule has 238 valence electrons. The minimum absolute atomic E-state index is 0.870. The summed E-state index contributed by atoms with van der Waals surface area (Å²) in [5, 5.41) is 7.04. The summed E-state index contributed by atoms with van der Waals surface area (Å²) in [4.78, 5) is 5.52. The Morgan fingerprint density at radius 3 is 2.02 bits per heavy atom. The van der Waals surface area contributed by atoms with Gasteiger partial charge in [-0.3, -0.25) is 4.57 Å². The molecular formula is C47H28N2OS. The van der Waals surface area contributed by atoms with Gasteiger partial charge in [0.15, 0.2) is 0 Å². The van der Waals surface area contributed by atoms with Crippen molar-refractivity contribution in [3.8, 4) is 39.3 Å². The van der Waals surface area contributed by atoms with Crippen LogP contribution in [0.5, 0.6) is 0 Å². The third-order valence-corrected chi connectivity index (χ3v) is 11.4. The van der Waals surface area contributed by atoms with E-state index in [2.05, 4.69) is 168 Å². The first-order valence-electron chi connectivity index (χ1n) is 17.2. The average Bonchev–Trinajstić information content (AvgIpc) is 3.88. The zero-order chi connectivity index (χ0) is 33.5. The minimum Gasteiger partial charge on any atom is -0.455 e. The molecule has 3 nitrogen and oxygen atoms in total. The number of hydrogen-bond acceptors (Lipinski definition) is 3. The Kier molecular flexibility index (Phi) is 6.12. The molecule has 0 saturated heterocycles. The number of thiophene rings is 1. The van der Waals surface area contributed by atoms with Crippen molar-refractivity contribution in [3.05, 3.63) is 170 Å². The molecule has 51 heavy (non-hydrogen) atoms. The van der Waals surface area contributed by atoms with E-state index >= 15 is 0 Å². The first-order chi connectivity index (χ1) is 25.3. The molecule has 0 bridgehead atoms. The van der Waals surface area contributed by atoms with Crippen molar-refractivity contribution in [2.24, 2.45) is 0 Å². The van der Waals surface area contributed by atoms with Crippen LogP contribution < -0.4 is 0 Å². The molecule has 0 saturated carbocycles. The number of furan rings is 1. The Morgan fingerprint density at radius 1 is 0.471 bits per heavy atom. The standard InChI is InChI=1S/C47H28N2OS/c1-2-11-29(12-3-1)30-21-23-31(24-22-30)32-27-39(37-17-10-16-36-34-14-6-9-20-43(34)51-47(36)37)48-44(28-32)49-40-18-7-4-15-38(40)45-41(49)26-25-35-33-13-5-8-19-42(33)50-46(35)45/h1-28H. The molecule has 0 fully saturated rings. The highest BCUT2D eigenvalue weighted by atomic mass is 32.1. The molecule has 0 amide bonds. The zero-order valence-electron chi connectivity index (χ0n) is 27.4. The van der Waals surface area contributed by atoms with Crippen LogP contribution in [0.3, 0.4) is 0 Å². The number of nitrogens with zero attached hydrogens (tertiary/aromatic N) is 2. The Bertz CT molecular complexity index is 3130. The molecule has 11 aromatic rings. The lowest BCUT2D eigenvalue weighted by molar-refractivity contribution is 0.673. The van der Waals surface area contributed by atoms with E-state index in [1.807, 2.05) is 17.4 Å². The Balaban J connectivity index is 1.20. The number of aromatic nitrogens is 2. The lowest BCUT2D eigenvalue weighted by Crippen LogP contribution is -2.00. The molecule has 4 heterocycles. The fraction of sp³-hybridized carbons (Fsp3) is 0. The van der Waals surface area contributed by atoms with E-state index in [1.165, 1.54) is 31.3 Å². The van der Waals surface area contributed by atoms with Crippen LogP contribution in [-0.2, 0) is 0 Å². The average molecular weight is 669 g/mol. The summed E-state index contributed by atoms with van der Waals surface area (Å²) >= 11 is 1.84. The maximum atomic E-state index is 6.60. The topological polar surface area (TPSA) is 31.0 Å². The van der Waals surface area contributed by atoms with Gasteiger partial charge in [-0.05, 0) is 64.7 Å². The van der Waals surface area contributed by atoms with Crippen molar-refractivity contribution < 1.29 is 4.42 Å². The van der Waals surface area contributed by atoms with E-state index < -0.39 is 0 Å². The third kappa shape index (κ3) is 4.33. The summed E-state index contributed by atoms with van der Waals surface area (Å²) in [5.74, 6) is 0.870. The number of pyridine rings is 1. The number of fused-ring (bicyclic) bond motifs is 10. The molecule has 0 radical (unpaired) electrons. The van der Waals surface area contributed by atoms with Crippen LogP contribution in [0.2, 0.25) is 0 Å². The van der Waals surface area contributed by atoms with E-state index in [1.54, 1.807) is 0 Å². The lowest BCUT2D eigenvalue weighted by Gasteiger charge is -2.14. The normalized spacial score (nSPS) is 11.9. The molecule has 0 atom stereocenters. The van der Waals surface area contributed by atoms with Gasteiger partial charge in [0.25, 0.3) is 0 Å². The van der Waals surface area contributed by atoms with Crippen molar-refractivity contribution in [2.45, 2.75) is 0 Å². The predicted molar refractivity (Wildman–Crippen MR) is 215 cm³/mol. The molecule has 0 spiro atoms. The fourth-order valence-corrected chi connectivity index (χ4v) is 9.08. The molecule has 0 aliphatic carbocycles. The minimum atomic E-state index is 0.870. The van der Waals surface area contributed by atoms with Crippen LogP contribution in [0.25, 0.3) is 103 Å². The Morgan fingerprint density at radius 2 is 1.16 bits per heavy atom. The van der Waals surface area contributed by atoms with Gasteiger partial charge in [-0.15, -0.1) is 11.3 Å². The largest absolute Gasteiger partial charge is 0.455 e. The summed E-state index contributed by atoms with van der Waals surface area (Å²) < 4.78 is 11.4. The Labute approximate surface area is 297 Å². The summed E-state index contributed by atoms with van der Waals surface area (Å²) in [5.41, 5.74) is 10.7. The third-order valence-electron chi connectivity index (χ3n) is 10.2. The van der Waals surface area contributed by atoms with E-state index in [4.69, 9.17) is 9.40 Å². The monoisotopic (exact) mass is 668 g/mol. The maximum Gasteiger partial charge on any atom is 0.145 e. The quantitative estimate of drug-likeness (QED) is 0.187. The smallest absolute Gasteiger partial charge is 0.145 e. The van der Waals surface area contributed by atoms with E-state index in [0.29, 0.717) is 0 Å². The Hall–Kier alpha value is -6.49. The maximum absolute atomic E-state index is 6.60. The van der Waals surface area contributed by atoms with Crippen molar-refractivity contribution in [3.63, 3.8) is 0 Å². The van der Waals surface area contributed by atoms with Gasteiger partial charge in [-0.25, -0.2) is 4.98 Å². The highest BCUT2D eigenvalue weighted by molar-refractivity contribution is 7.26. The molecule has 0 aliphatic rings. The number of para-hydroxylation sites is 2. The van der Waals surface area contributed by atoms with Gasteiger partial charge in [0.2, 0.25) is 0 Å². The summed E-state index contributed by atoms with van der Waals surface area (Å²) in [7, 11) is 0.